The van der Waals surface area contributed by atoms with Crippen molar-refractivity contribution in [3.8, 4) is 0 Å². The van der Waals surface area contributed by atoms with E-state index >= 15 is 0 Å². The molecule has 0 aliphatic carbocycles. The summed E-state index contributed by atoms with van der Waals surface area (Å²) in [5.74, 6) is -1.74. The number of hydrogen-bond acceptors (Lipinski definition) is 5. The van der Waals surface area contributed by atoms with Crippen LogP contribution < -0.4 is 16.0 Å². The first-order valence-electron chi connectivity index (χ1n) is 10.2. The molecule has 0 radical (unpaired) electrons. The van der Waals surface area contributed by atoms with Crippen LogP contribution in [0.3, 0.4) is 0 Å². The van der Waals surface area contributed by atoms with Gasteiger partial charge in [-0.15, -0.1) is 0 Å². The van der Waals surface area contributed by atoms with Gasteiger partial charge in [-0.2, -0.15) is 0 Å². The first-order valence-corrected chi connectivity index (χ1v) is 10.2. The number of carbonyl (C=O) groups is 2. The van der Waals surface area contributed by atoms with Crippen molar-refractivity contribution < 1.29 is 19.8 Å². The molecule has 0 unspecified atom stereocenters. The van der Waals surface area contributed by atoms with Crippen molar-refractivity contribution in [2.24, 2.45) is 0 Å². The predicted octanol–water partition coefficient (Wildman–Crippen LogP) is 2.64. The van der Waals surface area contributed by atoms with Gasteiger partial charge in [0.1, 0.15) is 0 Å². The summed E-state index contributed by atoms with van der Waals surface area (Å²) < 4.78 is 0. The van der Waals surface area contributed by atoms with E-state index in [4.69, 9.17) is 5.11 Å². The minimum Gasteiger partial charge on any atom is -0.478 e. The lowest BCUT2D eigenvalue weighted by Gasteiger charge is -2.12. The molecule has 5 N–H and O–H groups in total. The Kier molecular flexibility index (Phi) is 10.00. The Morgan fingerprint density at radius 1 is 0.700 bits per heavy atom. The SMILES string of the molecule is Cc1ccc(C(=O)O)cc1.O=C(O)c1cc2cc(c1)CNCCCNCCCNC2. The van der Waals surface area contributed by atoms with Gasteiger partial charge in [0.15, 0.2) is 0 Å². The molecule has 0 atom stereocenters. The second-order valence-electron chi connectivity index (χ2n) is 7.33. The van der Waals surface area contributed by atoms with Gasteiger partial charge in [-0.3, -0.25) is 0 Å². The molecule has 2 aromatic carbocycles. The molecule has 0 amide bonds. The maximum Gasteiger partial charge on any atom is 0.335 e. The lowest BCUT2D eigenvalue weighted by molar-refractivity contribution is 0.0686. The highest BCUT2D eigenvalue weighted by atomic mass is 16.4. The third kappa shape index (κ3) is 8.73. The summed E-state index contributed by atoms with van der Waals surface area (Å²) in [6.45, 7) is 7.28. The van der Waals surface area contributed by atoms with Crippen molar-refractivity contribution in [2.45, 2.75) is 32.9 Å². The van der Waals surface area contributed by atoms with Crippen molar-refractivity contribution in [2.75, 3.05) is 26.2 Å². The van der Waals surface area contributed by atoms with E-state index in [1.807, 2.05) is 6.92 Å². The van der Waals surface area contributed by atoms with Gasteiger partial charge in [-0.05, 0) is 81.3 Å². The topological polar surface area (TPSA) is 111 Å². The van der Waals surface area contributed by atoms with Crippen LogP contribution in [0.4, 0.5) is 0 Å². The first kappa shape index (κ1) is 23.5. The third-order valence-electron chi connectivity index (χ3n) is 4.67. The zero-order valence-electron chi connectivity index (χ0n) is 17.4. The van der Waals surface area contributed by atoms with Crippen LogP contribution in [0.2, 0.25) is 0 Å². The van der Waals surface area contributed by atoms with Gasteiger partial charge in [0, 0.05) is 13.1 Å². The Balaban J connectivity index is 0.000000269. The Hall–Kier alpha value is -2.74. The zero-order valence-corrected chi connectivity index (χ0v) is 17.4. The van der Waals surface area contributed by atoms with E-state index in [0.29, 0.717) is 24.2 Å². The fraction of sp³-hybridized carbons (Fsp3) is 0.391. The molecule has 0 fully saturated rings. The number of rotatable bonds is 2. The molecule has 1 aliphatic heterocycles. The van der Waals surface area contributed by atoms with E-state index in [-0.39, 0.29) is 0 Å². The summed E-state index contributed by atoms with van der Waals surface area (Å²) in [7, 11) is 0. The van der Waals surface area contributed by atoms with Gasteiger partial charge in [-0.1, -0.05) is 23.8 Å². The van der Waals surface area contributed by atoms with E-state index in [0.717, 1.165) is 55.7 Å². The highest BCUT2D eigenvalue weighted by Crippen LogP contribution is 2.11. The van der Waals surface area contributed by atoms with Gasteiger partial charge in [0.05, 0.1) is 11.1 Å². The molecular formula is C23H31N3O4. The van der Waals surface area contributed by atoms with Gasteiger partial charge in [0.25, 0.3) is 0 Å². The summed E-state index contributed by atoms with van der Waals surface area (Å²) in [6.07, 6.45) is 2.16. The summed E-state index contributed by atoms with van der Waals surface area (Å²) in [5.41, 5.74) is 3.85. The average molecular weight is 414 g/mol. The monoisotopic (exact) mass is 413 g/mol. The summed E-state index contributed by atoms with van der Waals surface area (Å²) in [6, 6.07) is 12.3. The molecule has 7 heteroatoms. The lowest BCUT2D eigenvalue weighted by atomic mass is 10.1. The van der Waals surface area contributed by atoms with Crippen LogP contribution in [0.5, 0.6) is 0 Å². The Morgan fingerprint density at radius 2 is 1.17 bits per heavy atom. The largest absolute Gasteiger partial charge is 0.478 e. The molecule has 7 nitrogen and oxygen atoms in total. The van der Waals surface area contributed by atoms with Crippen LogP contribution in [0.25, 0.3) is 0 Å². The van der Waals surface area contributed by atoms with Crippen molar-refractivity contribution in [1.29, 1.82) is 0 Å². The van der Waals surface area contributed by atoms with Crippen LogP contribution in [-0.4, -0.2) is 48.3 Å². The van der Waals surface area contributed by atoms with Gasteiger partial charge in [-0.25, -0.2) is 9.59 Å². The van der Waals surface area contributed by atoms with Crippen molar-refractivity contribution in [3.05, 3.63) is 70.3 Å². The maximum absolute atomic E-state index is 11.2. The molecule has 1 aliphatic rings. The Morgan fingerprint density at radius 3 is 1.63 bits per heavy atom. The third-order valence-corrected chi connectivity index (χ3v) is 4.67. The van der Waals surface area contributed by atoms with Gasteiger partial charge >= 0.3 is 11.9 Å². The van der Waals surface area contributed by atoms with Crippen LogP contribution in [0.1, 0.15) is 50.2 Å². The van der Waals surface area contributed by atoms with E-state index in [2.05, 4.69) is 22.0 Å². The minimum absolute atomic E-state index is 0.339. The second-order valence-corrected chi connectivity index (χ2v) is 7.33. The highest BCUT2D eigenvalue weighted by molar-refractivity contribution is 5.88. The smallest absolute Gasteiger partial charge is 0.335 e. The van der Waals surface area contributed by atoms with E-state index in [1.54, 1.807) is 36.4 Å². The second kappa shape index (κ2) is 12.7. The predicted molar refractivity (Wildman–Crippen MR) is 117 cm³/mol. The number of fused-ring (bicyclic) bond motifs is 2. The standard InChI is InChI=1S/C15H23N3O2.C8H8O2/c19-15(20)14-8-12-7-13(9-14)11-18-6-2-4-16-3-1-5-17-10-12;1-6-2-4-7(5-3-6)8(9)10/h7-9,16-18H,1-6,10-11H2,(H,19,20);2-5H,1H3,(H,9,10). The summed E-state index contributed by atoms with van der Waals surface area (Å²) >= 11 is 0. The molecule has 2 bridgehead atoms. The maximum atomic E-state index is 11.2. The summed E-state index contributed by atoms with van der Waals surface area (Å²) in [4.78, 5) is 21.5. The van der Waals surface area contributed by atoms with Gasteiger partial charge < -0.3 is 26.2 Å². The molecule has 0 aromatic heterocycles. The van der Waals surface area contributed by atoms with Gasteiger partial charge in [0.2, 0.25) is 0 Å². The highest BCUT2D eigenvalue weighted by Gasteiger charge is 2.07. The van der Waals surface area contributed by atoms with Crippen molar-refractivity contribution >= 4 is 11.9 Å². The van der Waals surface area contributed by atoms with E-state index in [9.17, 15) is 14.7 Å². The van der Waals surface area contributed by atoms with E-state index < -0.39 is 11.9 Å². The molecule has 30 heavy (non-hydrogen) atoms. The number of aryl methyl sites for hydroxylation is 1. The molecular weight excluding hydrogens is 382 g/mol. The average Bonchev–Trinajstić information content (AvgIpc) is 2.72. The quantitative estimate of drug-likeness (QED) is 0.515. The summed E-state index contributed by atoms with van der Waals surface area (Å²) in [5, 5.41) is 27.8. The fourth-order valence-corrected chi connectivity index (χ4v) is 3.05. The number of aromatic carboxylic acids is 2. The fourth-order valence-electron chi connectivity index (χ4n) is 3.05. The van der Waals surface area contributed by atoms with Crippen LogP contribution in [0.15, 0.2) is 42.5 Å². The molecule has 0 saturated carbocycles. The molecule has 1 heterocycles. The number of carboxylic acid groups (broad SMARTS) is 2. The lowest BCUT2D eigenvalue weighted by Crippen LogP contribution is -2.26. The number of benzene rings is 2. The van der Waals surface area contributed by atoms with Crippen molar-refractivity contribution in [3.63, 3.8) is 0 Å². The van der Waals surface area contributed by atoms with Crippen molar-refractivity contribution in [1.82, 2.24) is 16.0 Å². The first-order chi connectivity index (χ1) is 14.5. The molecule has 2 aromatic rings. The van der Waals surface area contributed by atoms with Crippen LogP contribution in [-0.2, 0) is 13.1 Å². The number of hydrogen-bond donors (Lipinski definition) is 5. The molecule has 162 valence electrons. The zero-order chi connectivity index (χ0) is 21.8. The van der Waals surface area contributed by atoms with E-state index in [1.165, 1.54) is 0 Å². The Bertz CT molecular complexity index is 791. The molecule has 0 saturated heterocycles. The normalized spacial score (nSPS) is 15.2. The molecule has 3 rings (SSSR count). The van der Waals surface area contributed by atoms with Crippen LogP contribution >= 0.6 is 0 Å². The Labute approximate surface area is 177 Å². The minimum atomic E-state index is -0.875. The number of carboxylic acids is 2. The number of nitrogens with one attached hydrogen (secondary N) is 3. The molecule has 0 spiro atoms. The van der Waals surface area contributed by atoms with Crippen LogP contribution in [0, 0.1) is 6.92 Å².